The van der Waals surface area contributed by atoms with Crippen LogP contribution in [0.4, 0.5) is 0 Å². The van der Waals surface area contributed by atoms with Gasteiger partial charge >= 0.3 is 0 Å². The van der Waals surface area contributed by atoms with Crippen LogP contribution in [0.3, 0.4) is 0 Å². The van der Waals surface area contributed by atoms with Crippen molar-refractivity contribution < 1.29 is 0 Å². The van der Waals surface area contributed by atoms with Crippen LogP contribution in [0.5, 0.6) is 0 Å². The van der Waals surface area contributed by atoms with Gasteiger partial charge in [-0.2, -0.15) is 0 Å². The van der Waals surface area contributed by atoms with Gasteiger partial charge in [-0.05, 0) is 62.4 Å². The first-order valence-electron chi connectivity index (χ1n) is 9.26. The second kappa shape index (κ2) is 6.31. The van der Waals surface area contributed by atoms with Crippen molar-refractivity contribution in [3.05, 3.63) is 108 Å². The second-order valence-electron chi connectivity index (χ2n) is 6.94. The molecule has 0 aliphatic carbocycles. The molecule has 5 aromatic carbocycles. The predicted molar refractivity (Wildman–Crippen MR) is 113 cm³/mol. The van der Waals surface area contributed by atoms with Gasteiger partial charge in [0.1, 0.15) is 0 Å². The Hall–Kier alpha value is -3.12. The highest BCUT2D eigenvalue weighted by Crippen LogP contribution is 2.34. The van der Waals surface area contributed by atoms with Crippen LogP contribution in [-0.4, -0.2) is 0 Å². The van der Waals surface area contributed by atoms with Crippen molar-refractivity contribution in [1.82, 2.24) is 0 Å². The minimum absolute atomic E-state index is 1.06. The number of fused-ring (bicyclic) bond motifs is 4. The molecule has 0 unspecified atom stereocenters. The Kier molecular flexibility index (Phi) is 3.68. The van der Waals surface area contributed by atoms with E-state index >= 15 is 0 Å². The molecule has 5 aromatic rings. The van der Waals surface area contributed by atoms with Crippen LogP contribution in [0, 0.1) is 0 Å². The Morgan fingerprint density at radius 2 is 1.12 bits per heavy atom. The van der Waals surface area contributed by atoms with E-state index in [0.29, 0.717) is 0 Å². The molecular formula is C26H20. The largest absolute Gasteiger partial charge is 0.0622 e. The molecule has 0 spiro atoms. The van der Waals surface area contributed by atoms with Crippen molar-refractivity contribution in [2.24, 2.45) is 0 Å². The van der Waals surface area contributed by atoms with E-state index in [1.807, 2.05) is 0 Å². The van der Waals surface area contributed by atoms with Gasteiger partial charge in [-0.1, -0.05) is 91.0 Å². The average molecular weight is 332 g/mol. The summed E-state index contributed by atoms with van der Waals surface area (Å²) in [6.07, 6.45) is 2.12. The van der Waals surface area contributed by atoms with E-state index in [0.717, 1.165) is 12.8 Å². The van der Waals surface area contributed by atoms with Crippen LogP contribution >= 0.6 is 0 Å². The highest BCUT2D eigenvalue weighted by molar-refractivity contribution is 6.14. The highest BCUT2D eigenvalue weighted by Gasteiger charge is 2.10. The maximum Gasteiger partial charge on any atom is -0.00963 e. The van der Waals surface area contributed by atoms with Gasteiger partial charge in [0.05, 0.1) is 0 Å². The van der Waals surface area contributed by atoms with Crippen molar-refractivity contribution >= 4 is 32.3 Å². The molecular weight excluding hydrogens is 312 g/mol. The van der Waals surface area contributed by atoms with Crippen LogP contribution in [0.1, 0.15) is 11.1 Å². The lowest BCUT2D eigenvalue weighted by molar-refractivity contribution is 0.977. The Morgan fingerprint density at radius 1 is 0.423 bits per heavy atom. The molecule has 0 fully saturated rings. The molecule has 26 heavy (non-hydrogen) atoms. The normalized spacial score (nSPS) is 11.4. The van der Waals surface area contributed by atoms with E-state index in [2.05, 4.69) is 97.1 Å². The van der Waals surface area contributed by atoms with Gasteiger partial charge in [-0.15, -0.1) is 0 Å². The molecule has 0 atom stereocenters. The molecule has 0 nitrogen and oxygen atoms in total. The summed E-state index contributed by atoms with van der Waals surface area (Å²) in [5.41, 5.74) is 2.86. The van der Waals surface area contributed by atoms with Crippen molar-refractivity contribution in [2.45, 2.75) is 12.8 Å². The summed E-state index contributed by atoms with van der Waals surface area (Å²) in [5.74, 6) is 0. The van der Waals surface area contributed by atoms with Gasteiger partial charge in [0, 0.05) is 0 Å². The minimum Gasteiger partial charge on any atom is -0.0622 e. The van der Waals surface area contributed by atoms with Gasteiger partial charge in [0.25, 0.3) is 0 Å². The zero-order valence-electron chi connectivity index (χ0n) is 14.7. The molecule has 0 aromatic heterocycles. The van der Waals surface area contributed by atoms with Gasteiger partial charge in [-0.3, -0.25) is 0 Å². The van der Waals surface area contributed by atoms with E-state index < -0.39 is 0 Å². The smallest absolute Gasteiger partial charge is 0.00963 e. The molecule has 0 heterocycles. The van der Waals surface area contributed by atoms with E-state index in [1.165, 1.54) is 43.4 Å². The molecule has 0 aliphatic heterocycles. The van der Waals surface area contributed by atoms with Crippen LogP contribution < -0.4 is 0 Å². The standard InChI is InChI=1S/C26H20/c1-2-8-19(9-3-1)14-16-24-23-13-7-5-11-21(23)18-26-22-12-6-4-10-20(22)15-17-25(24)26/h1-13,15,17-18H,14,16H2. The monoisotopic (exact) mass is 332 g/mol. The SMILES string of the molecule is c1ccc(CCc2c3ccccc3cc3c2ccc2ccccc23)cc1. The second-order valence-corrected chi connectivity index (χ2v) is 6.94. The molecule has 0 saturated carbocycles. The zero-order chi connectivity index (χ0) is 17.3. The van der Waals surface area contributed by atoms with E-state index in [1.54, 1.807) is 0 Å². The fraction of sp³-hybridized carbons (Fsp3) is 0.0769. The first-order valence-corrected chi connectivity index (χ1v) is 9.26. The Labute approximate surface area is 153 Å². The number of hydrogen-bond donors (Lipinski definition) is 0. The molecule has 0 N–H and O–H groups in total. The third-order valence-corrected chi connectivity index (χ3v) is 5.39. The maximum atomic E-state index is 2.36. The fourth-order valence-electron chi connectivity index (χ4n) is 4.10. The molecule has 0 bridgehead atoms. The molecule has 5 rings (SSSR count). The molecule has 0 saturated heterocycles. The lowest BCUT2D eigenvalue weighted by Gasteiger charge is -2.14. The first-order chi connectivity index (χ1) is 12.9. The molecule has 124 valence electrons. The van der Waals surface area contributed by atoms with E-state index in [-0.39, 0.29) is 0 Å². The molecule has 0 aliphatic rings. The lowest BCUT2D eigenvalue weighted by Crippen LogP contribution is -1.95. The van der Waals surface area contributed by atoms with Crippen molar-refractivity contribution in [1.29, 1.82) is 0 Å². The summed E-state index contributed by atoms with van der Waals surface area (Å²) >= 11 is 0. The summed E-state index contributed by atoms with van der Waals surface area (Å²) in [5, 5.41) is 8.12. The maximum absolute atomic E-state index is 2.36. The molecule has 0 amide bonds. The van der Waals surface area contributed by atoms with Crippen molar-refractivity contribution in [3.8, 4) is 0 Å². The Balaban J connectivity index is 1.76. The highest BCUT2D eigenvalue weighted by atomic mass is 14.1. The molecule has 0 heteroatoms. The van der Waals surface area contributed by atoms with Gasteiger partial charge in [0.15, 0.2) is 0 Å². The van der Waals surface area contributed by atoms with E-state index in [9.17, 15) is 0 Å². The fourth-order valence-corrected chi connectivity index (χ4v) is 4.10. The number of aryl methyl sites for hydroxylation is 2. The lowest BCUT2D eigenvalue weighted by atomic mass is 9.90. The minimum atomic E-state index is 1.06. The van der Waals surface area contributed by atoms with Crippen LogP contribution in [0.25, 0.3) is 32.3 Å². The third-order valence-electron chi connectivity index (χ3n) is 5.39. The van der Waals surface area contributed by atoms with Crippen molar-refractivity contribution in [3.63, 3.8) is 0 Å². The topological polar surface area (TPSA) is 0 Å². The van der Waals surface area contributed by atoms with Gasteiger partial charge in [0.2, 0.25) is 0 Å². The average Bonchev–Trinajstić information content (AvgIpc) is 2.72. The Bertz CT molecular complexity index is 1220. The zero-order valence-corrected chi connectivity index (χ0v) is 14.7. The number of rotatable bonds is 3. The van der Waals surface area contributed by atoms with Crippen LogP contribution in [0.15, 0.2) is 97.1 Å². The summed E-state index contributed by atoms with van der Waals surface area (Å²) in [6, 6.07) is 35.2. The summed E-state index contributed by atoms with van der Waals surface area (Å²) in [7, 11) is 0. The van der Waals surface area contributed by atoms with Crippen LogP contribution in [0.2, 0.25) is 0 Å². The van der Waals surface area contributed by atoms with E-state index in [4.69, 9.17) is 0 Å². The number of benzene rings is 5. The van der Waals surface area contributed by atoms with Gasteiger partial charge in [-0.25, -0.2) is 0 Å². The summed E-state index contributed by atoms with van der Waals surface area (Å²) in [6.45, 7) is 0. The summed E-state index contributed by atoms with van der Waals surface area (Å²) in [4.78, 5) is 0. The molecule has 0 radical (unpaired) electrons. The number of hydrogen-bond acceptors (Lipinski definition) is 0. The summed E-state index contributed by atoms with van der Waals surface area (Å²) < 4.78 is 0. The first kappa shape index (κ1) is 15.2. The van der Waals surface area contributed by atoms with Gasteiger partial charge < -0.3 is 0 Å². The van der Waals surface area contributed by atoms with Crippen molar-refractivity contribution in [2.75, 3.05) is 0 Å². The third kappa shape index (κ3) is 2.55. The predicted octanol–water partition coefficient (Wildman–Crippen LogP) is 6.93. The Morgan fingerprint density at radius 3 is 1.96 bits per heavy atom. The quantitative estimate of drug-likeness (QED) is 0.248. The van der Waals surface area contributed by atoms with Crippen LogP contribution in [-0.2, 0) is 12.8 Å².